The molecule has 0 aliphatic carbocycles. The molecule has 4 rings (SSSR count). The van der Waals surface area contributed by atoms with E-state index in [1.54, 1.807) is 49.1 Å². The van der Waals surface area contributed by atoms with E-state index < -0.39 is 6.17 Å². The maximum Gasteiger partial charge on any atom is 0.252 e. The highest BCUT2D eigenvalue weighted by Crippen LogP contribution is 2.25. The van der Waals surface area contributed by atoms with Gasteiger partial charge in [-0.3, -0.25) is 14.8 Å². The summed E-state index contributed by atoms with van der Waals surface area (Å²) < 4.78 is 13.9. The molecular weight excluding hydrogens is 335 g/mol. The topological polar surface area (TPSA) is 83.9 Å². The number of pyridine rings is 2. The summed E-state index contributed by atoms with van der Waals surface area (Å²) in [5, 5.41) is 11.5. The number of nitrogens with one attached hydrogen (secondary N) is 1. The predicted molar refractivity (Wildman–Crippen MR) is 94.6 cm³/mol. The summed E-state index contributed by atoms with van der Waals surface area (Å²) in [6.45, 7) is 0.571. The van der Waals surface area contributed by atoms with Gasteiger partial charge in [-0.25, -0.2) is 4.39 Å². The van der Waals surface area contributed by atoms with Gasteiger partial charge in [0.25, 0.3) is 5.91 Å². The quantitative estimate of drug-likeness (QED) is 0.770. The van der Waals surface area contributed by atoms with E-state index >= 15 is 0 Å². The molecule has 3 aromatic heterocycles. The maximum atomic E-state index is 13.9. The average Bonchev–Trinajstić information content (AvgIpc) is 3.07. The highest BCUT2D eigenvalue weighted by atomic mass is 19.1. The van der Waals surface area contributed by atoms with Crippen molar-refractivity contribution in [2.24, 2.45) is 0 Å². The van der Waals surface area contributed by atoms with Crippen LogP contribution in [0.2, 0.25) is 0 Å². The first-order valence-corrected chi connectivity index (χ1v) is 8.37. The number of amides is 1. The van der Waals surface area contributed by atoms with Crippen molar-refractivity contribution in [1.82, 2.24) is 25.5 Å². The van der Waals surface area contributed by atoms with Crippen molar-refractivity contribution in [3.05, 3.63) is 54.6 Å². The smallest absolute Gasteiger partial charge is 0.252 e. The Morgan fingerprint density at radius 3 is 3.04 bits per heavy atom. The summed E-state index contributed by atoms with van der Waals surface area (Å²) in [7, 11) is 0. The van der Waals surface area contributed by atoms with Crippen molar-refractivity contribution in [3.8, 4) is 0 Å². The summed E-state index contributed by atoms with van der Waals surface area (Å²) in [5.41, 5.74) is 1.21. The molecule has 0 unspecified atom stereocenters. The minimum atomic E-state index is -0.954. The lowest BCUT2D eigenvalue weighted by atomic mass is 10.1. The lowest BCUT2D eigenvalue weighted by molar-refractivity contribution is 0.0952. The number of carbonyl (C=O) groups excluding carboxylic acids is 1. The first-order valence-electron chi connectivity index (χ1n) is 8.37. The van der Waals surface area contributed by atoms with Crippen molar-refractivity contribution >= 4 is 22.6 Å². The van der Waals surface area contributed by atoms with Crippen molar-refractivity contribution < 1.29 is 9.18 Å². The molecule has 1 fully saturated rings. The molecule has 132 valence electrons. The number of halogens is 1. The number of aromatic nitrogens is 4. The van der Waals surface area contributed by atoms with Gasteiger partial charge in [0.2, 0.25) is 0 Å². The number of fused-ring (bicyclic) bond motifs is 1. The van der Waals surface area contributed by atoms with Gasteiger partial charge in [0.1, 0.15) is 6.17 Å². The number of anilines is 1. The molecule has 2 atom stereocenters. The predicted octanol–water partition coefficient (Wildman–Crippen LogP) is 1.77. The van der Waals surface area contributed by atoms with E-state index in [1.165, 1.54) is 0 Å². The third kappa shape index (κ3) is 3.17. The molecule has 4 heterocycles. The fraction of sp³-hybridized carbons (Fsp3) is 0.278. The van der Waals surface area contributed by atoms with Crippen LogP contribution in [0.5, 0.6) is 0 Å². The zero-order valence-electron chi connectivity index (χ0n) is 13.9. The van der Waals surface area contributed by atoms with E-state index in [1.807, 2.05) is 4.90 Å². The average molecular weight is 352 g/mol. The van der Waals surface area contributed by atoms with E-state index in [2.05, 4.69) is 25.5 Å². The molecule has 1 aliphatic heterocycles. The second-order valence-corrected chi connectivity index (χ2v) is 6.18. The molecule has 1 saturated heterocycles. The van der Waals surface area contributed by atoms with Crippen molar-refractivity contribution in [2.45, 2.75) is 18.6 Å². The van der Waals surface area contributed by atoms with E-state index in [-0.39, 0.29) is 18.5 Å². The van der Waals surface area contributed by atoms with Gasteiger partial charge in [-0.15, -0.1) is 5.10 Å². The molecule has 0 saturated carbocycles. The Labute approximate surface area is 149 Å². The van der Waals surface area contributed by atoms with E-state index in [0.717, 1.165) is 0 Å². The van der Waals surface area contributed by atoms with Crippen molar-refractivity contribution in [3.63, 3.8) is 0 Å². The third-order valence-corrected chi connectivity index (χ3v) is 4.50. The minimum absolute atomic E-state index is 0.170. The molecule has 0 aromatic carbocycles. The second-order valence-electron chi connectivity index (χ2n) is 6.18. The van der Waals surface area contributed by atoms with E-state index in [0.29, 0.717) is 35.2 Å². The number of nitrogens with zero attached hydrogens (tertiary/aromatic N) is 5. The Morgan fingerprint density at radius 2 is 2.19 bits per heavy atom. The van der Waals surface area contributed by atoms with Crippen LogP contribution in [0.15, 0.2) is 49.1 Å². The Balaban J connectivity index is 1.50. The normalized spacial score (nSPS) is 19.7. The van der Waals surface area contributed by atoms with Crippen molar-refractivity contribution in [1.29, 1.82) is 0 Å². The van der Waals surface area contributed by atoms with Crippen LogP contribution < -0.4 is 10.2 Å². The second kappa shape index (κ2) is 6.99. The molecule has 1 N–H and O–H groups in total. The number of hydrogen-bond acceptors (Lipinski definition) is 6. The first kappa shape index (κ1) is 16.3. The molecule has 1 amide bonds. The minimum Gasteiger partial charge on any atom is -0.350 e. The van der Waals surface area contributed by atoms with Crippen LogP contribution in [0.25, 0.3) is 10.9 Å². The third-order valence-electron chi connectivity index (χ3n) is 4.50. The fourth-order valence-corrected chi connectivity index (χ4v) is 3.27. The van der Waals surface area contributed by atoms with Crippen LogP contribution in [0.4, 0.5) is 10.2 Å². The zero-order valence-corrected chi connectivity index (χ0v) is 13.9. The van der Waals surface area contributed by atoms with Gasteiger partial charge in [-0.05, 0) is 24.3 Å². The lowest BCUT2D eigenvalue weighted by Crippen LogP contribution is -2.40. The van der Waals surface area contributed by atoms with E-state index in [4.69, 9.17) is 0 Å². The summed E-state index contributed by atoms with van der Waals surface area (Å²) in [4.78, 5) is 22.8. The maximum absolute atomic E-state index is 13.9. The summed E-state index contributed by atoms with van der Waals surface area (Å²) >= 11 is 0. The fourth-order valence-electron chi connectivity index (χ4n) is 3.27. The molecule has 0 radical (unpaired) electrons. The monoisotopic (exact) mass is 352 g/mol. The molecular formula is C18H17FN6O. The number of carbonyl (C=O) groups is 1. The first-order chi connectivity index (χ1) is 12.7. The van der Waals surface area contributed by atoms with Gasteiger partial charge >= 0.3 is 0 Å². The van der Waals surface area contributed by atoms with Gasteiger partial charge < -0.3 is 10.2 Å². The molecule has 1 aliphatic rings. The number of alkyl halides is 1. The Kier molecular flexibility index (Phi) is 4.39. The van der Waals surface area contributed by atoms with Gasteiger partial charge in [0.15, 0.2) is 5.82 Å². The molecule has 0 bridgehead atoms. The van der Waals surface area contributed by atoms with Gasteiger partial charge in [-0.2, -0.15) is 5.10 Å². The van der Waals surface area contributed by atoms with Crippen LogP contribution >= 0.6 is 0 Å². The van der Waals surface area contributed by atoms with Crippen LogP contribution in [-0.4, -0.2) is 51.4 Å². The number of rotatable bonds is 4. The summed E-state index contributed by atoms with van der Waals surface area (Å²) in [5.74, 6) is 0.386. The van der Waals surface area contributed by atoms with Crippen LogP contribution in [0.1, 0.15) is 16.8 Å². The van der Waals surface area contributed by atoms with Crippen LogP contribution in [0, 0.1) is 0 Å². The van der Waals surface area contributed by atoms with Gasteiger partial charge in [0, 0.05) is 43.1 Å². The SMILES string of the molecule is O=C(NC[C@@H]1C[C@H](F)CN1c1cccnn1)c1ccnc2ccncc12. The highest BCUT2D eigenvalue weighted by Gasteiger charge is 2.33. The summed E-state index contributed by atoms with van der Waals surface area (Å²) in [6.07, 6.45) is 5.81. The molecule has 0 spiro atoms. The van der Waals surface area contributed by atoms with Crippen molar-refractivity contribution in [2.75, 3.05) is 18.0 Å². The molecule has 8 heteroatoms. The largest absolute Gasteiger partial charge is 0.350 e. The Morgan fingerprint density at radius 1 is 1.27 bits per heavy atom. The van der Waals surface area contributed by atoms with Crippen LogP contribution in [0.3, 0.4) is 0 Å². The zero-order chi connectivity index (χ0) is 17.9. The Hall–Kier alpha value is -3.16. The summed E-state index contributed by atoms with van der Waals surface area (Å²) in [6, 6.07) is 6.80. The van der Waals surface area contributed by atoms with Gasteiger partial charge in [0.05, 0.1) is 23.7 Å². The highest BCUT2D eigenvalue weighted by molar-refractivity contribution is 6.05. The van der Waals surface area contributed by atoms with E-state index in [9.17, 15) is 9.18 Å². The number of hydrogen-bond donors (Lipinski definition) is 1. The molecule has 7 nitrogen and oxygen atoms in total. The standard InChI is InChI=1S/C18H17FN6O/c19-12-8-13(25(11-12)17-2-1-5-23-24-17)9-22-18(26)14-3-7-21-16-4-6-20-10-15(14)16/h1-7,10,12-13H,8-9,11H2,(H,22,26)/t12-,13-/m0/s1. The lowest BCUT2D eigenvalue weighted by Gasteiger charge is -2.25. The van der Waals surface area contributed by atoms with Crippen LogP contribution in [-0.2, 0) is 0 Å². The molecule has 26 heavy (non-hydrogen) atoms. The Bertz CT molecular complexity index is 916. The van der Waals surface area contributed by atoms with Gasteiger partial charge in [-0.1, -0.05) is 0 Å². The molecule has 3 aromatic rings.